The van der Waals surface area contributed by atoms with E-state index in [2.05, 4.69) is 77.3 Å². The Kier molecular flexibility index (Phi) is 6.28. The summed E-state index contributed by atoms with van der Waals surface area (Å²) < 4.78 is 0. The van der Waals surface area contributed by atoms with Gasteiger partial charge in [-0.25, -0.2) is 9.97 Å². The van der Waals surface area contributed by atoms with Crippen LogP contribution in [0.25, 0.3) is 22.6 Å². The van der Waals surface area contributed by atoms with Crippen molar-refractivity contribution in [3.8, 4) is 22.6 Å². The summed E-state index contributed by atoms with van der Waals surface area (Å²) in [7, 11) is 0. The van der Waals surface area contributed by atoms with Crippen molar-refractivity contribution in [3.63, 3.8) is 0 Å². The molecular weight excluding hydrogens is 342 g/mol. The van der Waals surface area contributed by atoms with Crippen LogP contribution in [0.1, 0.15) is 22.3 Å². The Balaban J connectivity index is 0.000000161. The fourth-order valence-electron chi connectivity index (χ4n) is 2.61. The van der Waals surface area contributed by atoms with Crippen molar-refractivity contribution in [3.05, 3.63) is 102 Å². The summed E-state index contributed by atoms with van der Waals surface area (Å²) in [5, 5.41) is 0. The first-order valence-corrected chi connectivity index (χ1v) is 9.36. The first-order valence-electron chi connectivity index (χ1n) is 9.36. The number of hydrogen-bond acceptors (Lipinski definition) is 3. The van der Waals surface area contributed by atoms with Gasteiger partial charge in [-0.1, -0.05) is 65.7 Å². The lowest BCUT2D eigenvalue weighted by Gasteiger charge is -2.01. The Bertz CT molecular complexity index is 827. The van der Waals surface area contributed by atoms with E-state index in [0.29, 0.717) is 0 Å². The van der Waals surface area contributed by atoms with Gasteiger partial charge in [0.1, 0.15) is 0 Å². The minimum atomic E-state index is 0.788. The SMILES string of the molecule is Cc1ccc(-c2ccc(C)cn2)cc1.Cc1ccc(-c2ncc(C)cn2)cc1. The Morgan fingerprint density at radius 1 is 0.429 bits per heavy atom. The van der Waals surface area contributed by atoms with E-state index in [0.717, 1.165) is 22.6 Å². The molecule has 3 heteroatoms. The predicted molar refractivity (Wildman–Crippen MR) is 116 cm³/mol. The Morgan fingerprint density at radius 2 is 0.893 bits per heavy atom. The number of nitrogens with zero attached hydrogens (tertiary/aromatic N) is 3. The van der Waals surface area contributed by atoms with Crippen molar-refractivity contribution >= 4 is 0 Å². The molecule has 140 valence electrons. The average Bonchev–Trinajstić information content (AvgIpc) is 2.71. The summed E-state index contributed by atoms with van der Waals surface area (Å²) in [6.07, 6.45) is 5.57. The number of aromatic nitrogens is 3. The van der Waals surface area contributed by atoms with Gasteiger partial charge < -0.3 is 0 Å². The first kappa shape index (κ1) is 19.4. The number of pyridine rings is 1. The molecule has 0 aliphatic rings. The highest BCUT2D eigenvalue weighted by atomic mass is 14.9. The summed E-state index contributed by atoms with van der Waals surface area (Å²) in [6.45, 7) is 8.19. The van der Waals surface area contributed by atoms with E-state index in [4.69, 9.17) is 0 Å². The van der Waals surface area contributed by atoms with Gasteiger partial charge in [-0.15, -0.1) is 0 Å². The minimum absolute atomic E-state index is 0.788. The fourth-order valence-corrected chi connectivity index (χ4v) is 2.61. The molecule has 0 spiro atoms. The van der Waals surface area contributed by atoms with E-state index in [1.807, 2.05) is 44.6 Å². The normalized spacial score (nSPS) is 10.1. The smallest absolute Gasteiger partial charge is 0.159 e. The second-order valence-electron chi connectivity index (χ2n) is 7.04. The van der Waals surface area contributed by atoms with Gasteiger partial charge in [0.2, 0.25) is 0 Å². The summed E-state index contributed by atoms with van der Waals surface area (Å²) in [5.74, 6) is 0.788. The maximum atomic E-state index is 4.38. The lowest BCUT2D eigenvalue weighted by atomic mass is 10.1. The molecule has 0 aliphatic heterocycles. The predicted octanol–water partition coefficient (Wildman–Crippen LogP) is 6.13. The summed E-state index contributed by atoms with van der Waals surface area (Å²) in [6, 6.07) is 20.8. The lowest BCUT2D eigenvalue weighted by molar-refractivity contribution is 1.14. The number of rotatable bonds is 2. The zero-order valence-corrected chi connectivity index (χ0v) is 16.8. The van der Waals surface area contributed by atoms with E-state index >= 15 is 0 Å². The molecule has 0 saturated heterocycles. The number of benzene rings is 2. The molecule has 0 N–H and O–H groups in total. The van der Waals surface area contributed by atoms with E-state index in [1.54, 1.807) is 0 Å². The molecule has 3 nitrogen and oxygen atoms in total. The Labute approximate surface area is 167 Å². The minimum Gasteiger partial charge on any atom is -0.256 e. The van der Waals surface area contributed by atoms with Gasteiger partial charge >= 0.3 is 0 Å². The molecule has 2 aromatic carbocycles. The van der Waals surface area contributed by atoms with Crippen molar-refractivity contribution in [1.82, 2.24) is 15.0 Å². The van der Waals surface area contributed by atoms with Crippen LogP contribution in [-0.2, 0) is 0 Å². The van der Waals surface area contributed by atoms with Crippen molar-refractivity contribution in [1.29, 1.82) is 0 Å². The first-order chi connectivity index (χ1) is 13.5. The van der Waals surface area contributed by atoms with Crippen LogP contribution in [0.3, 0.4) is 0 Å². The average molecular weight is 367 g/mol. The van der Waals surface area contributed by atoms with Gasteiger partial charge in [-0.05, 0) is 44.9 Å². The molecule has 0 amide bonds. The standard InChI is InChI=1S/C13H13N.C12H12N2/c1-10-3-6-12(7-4-10)13-8-5-11(2)9-14-13;1-9-3-5-11(6-4-9)12-13-7-10(2)8-14-12/h3-9H,1-2H3;3-8H,1-2H3. The largest absolute Gasteiger partial charge is 0.256 e. The van der Waals surface area contributed by atoms with Crippen LogP contribution in [0.5, 0.6) is 0 Å². The molecule has 2 aromatic heterocycles. The molecule has 0 radical (unpaired) electrons. The van der Waals surface area contributed by atoms with Gasteiger partial charge in [-0.3, -0.25) is 4.98 Å². The van der Waals surface area contributed by atoms with Crippen LogP contribution >= 0.6 is 0 Å². The zero-order valence-electron chi connectivity index (χ0n) is 16.8. The monoisotopic (exact) mass is 367 g/mol. The van der Waals surface area contributed by atoms with Gasteiger partial charge in [0.05, 0.1) is 5.69 Å². The fraction of sp³-hybridized carbons (Fsp3) is 0.160. The molecule has 0 unspecified atom stereocenters. The van der Waals surface area contributed by atoms with Crippen LogP contribution in [0.15, 0.2) is 79.3 Å². The van der Waals surface area contributed by atoms with Crippen molar-refractivity contribution in [2.24, 2.45) is 0 Å². The maximum Gasteiger partial charge on any atom is 0.159 e. The van der Waals surface area contributed by atoms with Gasteiger partial charge in [0.15, 0.2) is 5.82 Å². The van der Waals surface area contributed by atoms with Crippen LogP contribution in [-0.4, -0.2) is 15.0 Å². The molecule has 0 atom stereocenters. The number of hydrogen-bond donors (Lipinski definition) is 0. The summed E-state index contributed by atoms with van der Waals surface area (Å²) >= 11 is 0. The second kappa shape index (κ2) is 9.05. The molecular formula is C25H25N3. The Morgan fingerprint density at radius 3 is 1.39 bits per heavy atom. The van der Waals surface area contributed by atoms with Gasteiger partial charge in [0, 0.05) is 29.7 Å². The topological polar surface area (TPSA) is 38.7 Å². The third-order valence-electron chi connectivity index (χ3n) is 4.35. The molecule has 0 fully saturated rings. The van der Waals surface area contributed by atoms with Crippen LogP contribution in [0, 0.1) is 27.7 Å². The molecule has 0 saturated carbocycles. The highest BCUT2D eigenvalue weighted by Crippen LogP contribution is 2.17. The van der Waals surface area contributed by atoms with E-state index in [-0.39, 0.29) is 0 Å². The van der Waals surface area contributed by atoms with Crippen LogP contribution < -0.4 is 0 Å². The van der Waals surface area contributed by atoms with Crippen molar-refractivity contribution in [2.45, 2.75) is 27.7 Å². The lowest BCUT2D eigenvalue weighted by Crippen LogP contribution is -1.88. The summed E-state index contributed by atoms with van der Waals surface area (Å²) in [5.41, 5.74) is 8.09. The molecule has 0 aliphatic carbocycles. The quantitative estimate of drug-likeness (QED) is 0.428. The highest BCUT2D eigenvalue weighted by molar-refractivity contribution is 5.59. The van der Waals surface area contributed by atoms with E-state index in [1.165, 1.54) is 22.3 Å². The van der Waals surface area contributed by atoms with Crippen LogP contribution in [0.4, 0.5) is 0 Å². The number of aryl methyl sites for hydroxylation is 4. The molecule has 2 heterocycles. The van der Waals surface area contributed by atoms with E-state index in [9.17, 15) is 0 Å². The van der Waals surface area contributed by atoms with Gasteiger partial charge in [-0.2, -0.15) is 0 Å². The molecule has 4 aromatic rings. The molecule has 28 heavy (non-hydrogen) atoms. The maximum absolute atomic E-state index is 4.38. The van der Waals surface area contributed by atoms with Gasteiger partial charge in [0.25, 0.3) is 0 Å². The molecule has 0 bridgehead atoms. The third-order valence-corrected chi connectivity index (χ3v) is 4.35. The van der Waals surface area contributed by atoms with E-state index < -0.39 is 0 Å². The van der Waals surface area contributed by atoms with Crippen molar-refractivity contribution in [2.75, 3.05) is 0 Å². The molecule has 4 rings (SSSR count). The second-order valence-corrected chi connectivity index (χ2v) is 7.04. The van der Waals surface area contributed by atoms with Crippen LogP contribution in [0.2, 0.25) is 0 Å². The summed E-state index contributed by atoms with van der Waals surface area (Å²) in [4.78, 5) is 12.9. The highest BCUT2D eigenvalue weighted by Gasteiger charge is 1.99. The zero-order chi connectivity index (χ0) is 19.9. The van der Waals surface area contributed by atoms with Crippen molar-refractivity contribution < 1.29 is 0 Å². The third kappa shape index (κ3) is 5.34. The Hall–Kier alpha value is -3.33.